The Morgan fingerprint density at radius 3 is 2.44 bits per heavy atom. The highest BCUT2D eigenvalue weighted by molar-refractivity contribution is 5.84. The average molecular weight is 352 g/mol. The van der Waals surface area contributed by atoms with Gasteiger partial charge in [-0.3, -0.25) is 14.4 Å². The van der Waals surface area contributed by atoms with E-state index in [1.807, 2.05) is 0 Å². The average Bonchev–Trinajstić information content (AvgIpc) is 3.07. The van der Waals surface area contributed by atoms with E-state index in [0.29, 0.717) is 0 Å². The molecule has 25 heavy (non-hydrogen) atoms. The Morgan fingerprint density at radius 1 is 1.20 bits per heavy atom. The smallest absolute Gasteiger partial charge is 0.313 e. The van der Waals surface area contributed by atoms with Crippen molar-refractivity contribution in [1.82, 2.24) is 9.80 Å². The van der Waals surface area contributed by atoms with Gasteiger partial charge in [0.1, 0.15) is 5.41 Å². The van der Waals surface area contributed by atoms with Crippen molar-refractivity contribution >= 4 is 17.8 Å². The Balaban J connectivity index is 1.76. The normalized spacial score (nSPS) is 25.2. The molecule has 8 heteroatoms. The van der Waals surface area contributed by atoms with Gasteiger partial charge in [-0.25, -0.2) is 8.78 Å². The quantitative estimate of drug-likeness (QED) is 0.877. The predicted molar refractivity (Wildman–Crippen MR) is 82.5 cm³/mol. The van der Waals surface area contributed by atoms with Crippen LogP contribution >= 0.6 is 0 Å². The standard InChI is InChI=1S/C17H18F2N2O4/c1-10(22)20-6-12-7-21(9-17(12,8-20)16(24)25)14(23)5-11-3-2-4-13(18)15(11)19/h2-4,12H,5-9H2,1H3,(H,24,25)/t12-,17-/m0/s1. The van der Waals surface area contributed by atoms with Crippen molar-refractivity contribution in [1.29, 1.82) is 0 Å². The number of carbonyl (C=O) groups is 3. The number of hydrogen-bond donors (Lipinski definition) is 1. The molecule has 1 aromatic rings. The van der Waals surface area contributed by atoms with Crippen LogP contribution in [0.15, 0.2) is 18.2 Å². The molecule has 2 aliphatic heterocycles. The van der Waals surface area contributed by atoms with Gasteiger partial charge in [0.05, 0.1) is 6.42 Å². The summed E-state index contributed by atoms with van der Waals surface area (Å²) in [5, 5.41) is 9.66. The van der Waals surface area contributed by atoms with Crippen molar-refractivity contribution in [2.45, 2.75) is 13.3 Å². The first-order valence-electron chi connectivity index (χ1n) is 7.94. The van der Waals surface area contributed by atoms with E-state index in [9.17, 15) is 28.3 Å². The minimum absolute atomic E-state index is 0.0352. The summed E-state index contributed by atoms with van der Waals surface area (Å²) in [6.45, 7) is 1.87. The second-order valence-electron chi connectivity index (χ2n) is 6.72. The molecule has 134 valence electrons. The van der Waals surface area contributed by atoms with Crippen LogP contribution < -0.4 is 0 Å². The summed E-state index contributed by atoms with van der Waals surface area (Å²) in [5.74, 6) is -4.15. The van der Waals surface area contributed by atoms with Crippen LogP contribution in [-0.2, 0) is 20.8 Å². The maximum Gasteiger partial charge on any atom is 0.313 e. The molecule has 2 atom stereocenters. The molecule has 0 aromatic heterocycles. The Kier molecular flexibility index (Phi) is 4.22. The fraction of sp³-hybridized carbons (Fsp3) is 0.471. The molecule has 2 saturated heterocycles. The van der Waals surface area contributed by atoms with Gasteiger partial charge in [-0.05, 0) is 6.07 Å². The number of hydrogen-bond acceptors (Lipinski definition) is 3. The molecule has 2 fully saturated rings. The third-order valence-electron chi connectivity index (χ3n) is 5.21. The van der Waals surface area contributed by atoms with Crippen LogP contribution in [0.1, 0.15) is 12.5 Å². The largest absolute Gasteiger partial charge is 0.481 e. The number of fused-ring (bicyclic) bond motifs is 1. The minimum atomic E-state index is -1.19. The third kappa shape index (κ3) is 2.85. The van der Waals surface area contributed by atoms with E-state index in [2.05, 4.69) is 0 Å². The second kappa shape index (κ2) is 6.09. The lowest BCUT2D eigenvalue weighted by Gasteiger charge is -2.25. The number of carbonyl (C=O) groups excluding carboxylic acids is 2. The van der Waals surface area contributed by atoms with Gasteiger partial charge in [0.15, 0.2) is 11.6 Å². The van der Waals surface area contributed by atoms with Crippen LogP contribution in [0.4, 0.5) is 8.78 Å². The molecule has 0 spiro atoms. The maximum atomic E-state index is 13.7. The molecule has 2 aliphatic rings. The first-order chi connectivity index (χ1) is 11.7. The summed E-state index contributed by atoms with van der Waals surface area (Å²) in [6, 6.07) is 3.63. The van der Waals surface area contributed by atoms with Gasteiger partial charge in [-0.2, -0.15) is 0 Å². The van der Waals surface area contributed by atoms with Crippen LogP contribution in [0, 0.1) is 23.0 Å². The predicted octanol–water partition coefficient (Wildman–Crippen LogP) is 0.899. The Morgan fingerprint density at radius 2 is 1.84 bits per heavy atom. The summed E-state index contributed by atoms with van der Waals surface area (Å²) in [4.78, 5) is 38.7. The lowest BCUT2D eigenvalue weighted by Crippen LogP contribution is -2.43. The van der Waals surface area contributed by atoms with Gasteiger partial charge in [-0.1, -0.05) is 12.1 Å². The van der Waals surface area contributed by atoms with Gasteiger partial charge in [0.25, 0.3) is 0 Å². The molecule has 2 amide bonds. The molecule has 6 nitrogen and oxygen atoms in total. The molecular formula is C17H18F2N2O4. The van der Waals surface area contributed by atoms with E-state index in [1.54, 1.807) is 0 Å². The molecule has 1 N–H and O–H groups in total. The van der Waals surface area contributed by atoms with Gasteiger partial charge < -0.3 is 14.9 Å². The molecule has 0 saturated carbocycles. The SMILES string of the molecule is CC(=O)N1C[C@H]2CN(C(=O)Cc3cccc(F)c3F)C[C@@]2(C(=O)O)C1. The molecule has 0 bridgehead atoms. The van der Waals surface area contributed by atoms with Gasteiger partial charge in [0, 0.05) is 44.6 Å². The highest BCUT2D eigenvalue weighted by Gasteiger charge is 2.59. The van der Waals surface area contributed by atoms with E-state index < -0.39 is 28.9 Å². The first-order valence-corrected chi connectivity index (χ1v) is 7.94. The summed E-state index contributed by atoms with van der Waals surface area (Å²) < 4.78 is 27.0. The van der Waals surface area contributed by atoms with Crippen molar-refractivity contribution in [2.24, 2.45) is 11.3 Å². The van der Waals surface area contributed by atoms with Gasteiger partial charge >= 0.3 is 5.97 Å². The topological polar surface area (TPSA) is 77.9 Å². The number of likely N-dealkylation sites (tertiary alicyclic amines) is 2. The van der Waals surface area contributed by atoms with E-state index in [-0.39, 0.29) is 50.0 Å². The molecule has 3 rings (SSSR count). The number of halogens is 2. The number of benzene rings is 1. The second-order valence-corrected chi connectivity index (χ2v) is 6.72. The van der Waals surface area contributed by atoms with Gasteiger partial charge in [0.2, 0.25) is 11.8 Å². The van der Waals surface area contributed by atoms with Crippen LogP contribution in [0.5, 0.6) is 0 Å². The van der Waals surface area contributed by atoms with Crippen LogP contribution in [0.3, 0.4) is 0 Å². The summed E-state index contributed by atoms with van der Waals surface area (Å²) in [6.07, 6.45) is -0.331. The van der Waals surface area contributed by atoms with Gasteiger partial charge in [-0.15, -0.1) is 0 Å². The van der Waals surface area contributed by atoms with Crippen molar-refractivity contribution in [3.05, 3.63) is 35.4 Å². The monoisotopic (exact) mass is 352 g/mol. The summed E-state index contributed by atoms with van der Waals surface area (Å²) >= 11 is 0. The van der Waals surface area contributed by atoms with Crippen molar-refractivity contribution in [2.75, 3.05) is 26.2 Å². The number of amides is 2. The maximum absolute atomic E-state index is 13.7. The molecular weight excluding hydrogens is 334 g/mol. The lowest BCUT2D eigenvalue weighted by molar-refractivity contribution is -0.149. The molecule has 2 heterocycles. The van der Waals surface area contributed by atoms with E-state index >= 15 is 0 Å². The number of carboxylic acids is 1. The first kappa shape index (κ1) is 17.3. The van der Waals surface area contributed by atoms with Crippen molar-refractivity contribution < 1.29 is 28.3 Å². The lowest BCUT2D eigenvalue weighted by atomic mass is 9.81. The molecule has 0 unspecified atom stereocenters. The van der Waals surface area contributed by atoms with Crippen LogP contribution in [0.25, 0.3) is 0 Å². The van der Waals surface area contributed by atoms with E-state index in [0.717, 1.165) is 6.07 Å². The molecule has 0 radical (unpaired) electrons. The Labute approximate surface area is 143 Å². The molecule has 1 aromatic carbocycles. The fourth-order valence-electron chi connectivity index (χ4n) is 3.76. The van der Waals surface area contributed by atoms with Crippen molar-refractivity contribution in [3.8, 4) is 0 Å². The number of nitrogens with zero attached hydrogens (tertiary/aromatic N) is 2. The zero-order valence-electron chi connectivity index (χ0n) is 13.7. The number of carboxylic acid groups (broad SMARTS) is 1. The third-order valence-corrected chi connectivity index (χ3v) is 5.21. The minimum Gasteiger partial charge on any atom is -0.481 e. The van der Waals surface area contributed by atoms with E-state index in [4.69, 9.17) is 0 Å². The summed E-state index contributed by atoms with van der Waals surface area (Å²) in [5.41, 5.74) is -1.25. The zero-order chi connectivity index (χ0) is 18.4. The molecule has 0 aliphatic carbocycles. The Hall–Kier alpha value is -2.51. The highest BCUT2D eigenvalue weighted by atomic mass is 19.2. The van der Waals surface area contributed by atoms with E-state index in [1.165, 1.54) is 28.9 Å². The Bertz CT molecular complexity index is 754. The number of rotatable bonds is 3. The summed E-state index contributed by atoms with van der Waals surface area (Å²) in [7, 11) is 0. The van der Waals surface area contributed by atoms with Crippen LogP contribution in [-0.4, -0.2) is 58.9 Å². The van der Waals surface area contributed by atoms with Crippen molar-refractivity contribution in [3.63, 3.8) is 0 Å². The zero-order valence-corrected chi connectivity index (χ0v) is 13.7. The fourth-order valence-corrected chi connectivity index (χ4v) is 3.76. The highest BCUT2D eigenvalue weighted by Crippen LogP contribution is 2.43. The number of aliphatic carboxylic acids is 1. The van der Waals surface area contributed by atoms with Crippen LogP contribution in [0.2, 0.25) is 0 Å².